The third kappa shape index (κ3) is 6.58. The van der Waals surface area contributed by atoms with E-state index in [0.29, 0.717) is 35.7 Å². The van der Waals surface area contributed by atoms with E-state index >= 15 is 0 Å². The molecule has 0 aromatic carbocycles. The molecule has 0 spiro atoms. The van der Waals surface area contributed by atoms with Crippen molar-refractivity contribution in [2.45, 2.75) is 46.3 Å². The third-order valence-corrected chi connectivity index (χ3v) is 5.97. The highest BCUT2D eigenvalue weighted by molar-refractivity contribution is 5.97. The minimum absolute atomic E-state index is 0.127. The number of ether oxygens (including phenoxy) is 1. The molecule has 3 rings (SSSR count). The van der Waals surface area contributed by atoms with Crippen LogP contribution in [0.4, 0.5) is 0 Å². The Bertz CT molecular complexity index is 1090. The van der Waals surface area contributed by atoms with Crippen LogP contribution in [-0.4, -0.2) is 75.6 Å². The Morgan fingerprint density at radius 3 is 2.77 bits per heavy atom. The van der Waals surface area contributed by atoms with Gasteiger partial charge in [0.05, 0.1) is 24.8 Å². The van der Waals surface area contributed by atoms with Gasteiger partial charge < -0.3 is 19.6 Å². The Morgan fingerprint density at radius 1 is 1.34 bits per heavy atom. The van der Waals surface area contributed by atoms with Crippen LogP contribution in [0.2, 0.25) is 0 Å². The Kier molecular flexibility index (Phi) is 8.83. The molecule has 1 aliphatic rings. The predicted octanol–water partition coefficient (Wildman–Crippen LogP) is 2.87. The molecule has 1 aliphatic heterocycles. The summed E-state index contributed by atoms with van der Waals surface area (Å²) >= 11 is 0. The van der Waals surface area contributed by atoms with Gasteiger partial charge in [-0.1, -0.05) is 32.6 Å². The molecule has 8 nitrogen and oxygen atoms in total. The van der Waals surface area contributed by atoms with Gasteiger partial charge in [0.2, 0.25) is 5.88 Å². The maximum absolute atomic E-state index is 13.5. The quantitative estimate of drug-likeness (QED) is 0.642. The van der Waals surface area contributed by atoms with Gasteiger partial charge in [-0.05, 0) is 31.0 Å². The monoisotopic (exact) mass is 478 g/mol. The number of fused-ring (bicyclic) bond motifs is 1. The lowest BCUT2D eigenvalue weighted by molar-refractivity contribution is 0.0313. The molecular weight excluding hydrogens is 444 g/mol. The summed E-state index contributed by atoms with van der Waals surface area (Å²) in [6, 6.07) is 4.75. The topological polar surface area (TPSA) is 95.9 Å². The molecule has 3 atom stereocenters. The second-order valence-corrected chi connectivity index (χ2v) is 9.53. The van der Waals surface area contributed by atoms with Crippen molar-refractivity contribution in [1.29, 1.82) is 0 Å². The van der Waals surface area contributed by atoms with Crippen molar-refractivity contribution in [3.63, 3.8) is 0 Å². The van der Waals surface area contributed by atoms with E-state index in [-0.39, 0.29) is 36.3 Å². The molecule has 0 radical (unpaired) electrons. The molecular formula is C27H34N4O4. The third-order valence-electron chi connectivity index (χ3n) is 5.97. The van der Waals surface area contributed by atoms with Crippen molar-refractivity contribution in [2.75, 3.05) is 26.7 Å². The van der Waals surface area contributed by atoms with Crippen LogP contribution >= 0.6 is 0 Å². The molecule has 0 saturated heterocycles. The maximum atomic E-state index is 13.5. The number of carbonyl (C=O) groups excluding carboxylic acids is 2. The molecule has 2 aromatic rings. The summed E-state index contributed by atoms with van der Waals surface area (Å²) in [5.41, 5.74) is 1.43. The molecule has 0 fully saturated rings. The van der Waals surface area contributed by atoms with Crippen molar-refractivity contribution >= 4 is 11.8 Å². The largest absolute Gasteiger partial charge is 0.472 e. The van der Waals surface area contributed by atoms with Crippen molar-refractivity contribution in [3.8, 4) is 17.7 Å². The van der Waals surface area contributed by atoms with E-state index in [1.54, 1.807) is 54.4 Å². The number of aromatic nitrogens is 2. The number of pyridine rings is 2. The van der Waals surface area contributed by atoms with Gasteiger partial charge >= 0.3 is 0 Å². The SMILES string of the molecule is CC(C)CC#Cc1cnc2c(c1)C(=O)N([C@H](C)CO)C[C@@H](C)[C@H](CN(C)C(=O)c1cccnc1)O2. The minimum atomic E-state index is -0.425. The Morgan fingerprint density at radius 2 is 2.11 bits per heavy atom. The van der Waals surface area contributed by atoms with Gasteiger partial charge in [0, 0.05) is 50.1 Å². The number of nitrogens with zero attached hydrogens (tertiary/aromatic N) is 4. The van der Waals surface area contributed by atoms with Crippen molar-refractivity contribution in [2.24, 2.45) is 11.8 Å². The first-order valence-electron chi connectivity index (χ1n) is 11.9. The van der Waals surface area contributed by atoms with E-state index in [1.165, 1.54) is 6.20 Å². The van der Waals surface area contributed by atoms with Crippen molar-refractivity contribution < 1.29 is 19.4 Å². The summed E-state index contributed by atoms with van der Waals surface area (Å²) in [5.74, 6) is 6.30. The molecule has 35 heavy (non-hydrogen) atoms. The molecule has 2 amide bonds. The lowest BCUT2D eigenvalue weighted by atomic mass is 9.99. The minimum Gasteiger partial charge on any atom is -0.472 e. The lowest BCUT2D eigenvalue weighted by Gasteiger charge is -2.37. The van der Waals surface area contributed by atoms with Crippen LogP contribution in [0.3, 0.4) is 0 Å². The molecule has 3 heterocycles. The van der Waals surface area contributed by atoms with E-state index in [2.05, 4.69) is 35.7 Å². The van der Waals surface area contributed by atoms with Crippen LogP contribution in [0, 0.1) is 23.7 Å². The first-order valence-corrected chi connectivity index (χ1v) is 11.9. The van der Waals surface area contributed by atoms with Gasteiger partial charge in [-0.25, -0.2) is 4.98 Å². The van der Waals surface area contributed by atoms with Crippen LogP contribution in [-0.2, 0) is 0 Å². The second-order valence-electron chi connectivity index (χ2n) is 9.53. The molecule has 0 bridgehead atoms. The van der Waals surface area contributed by atoms with E-state index in [1.807, 2.05) is 6.92 Å². The molecule has 0 unspecified atom stereocenters. The number of likely N-dealkylation sites (N-methyl/N-ethyl adjacent to an activating group) is 1. The summed E-state index contributed by atoms with van der Waals surface area (Å²) in [5, 5.41) is 9.81. The number of carbonyl (C=O) groups is 2. The van der Waals surface area contributed by atoms with Gasteiger partial charge in [0.1, 0.15) is 11.7 Å². The van der Waals surface area contributed by atoms with Crippen molar-refractivity contribution in [1.82, 2.24) is 19.8 Å². The summed E-state index contributed by atoms with van der Waals surface area (Å²) in [6.07, 6.45) is 5.07. The summed E-state index contributed by atoms with van der Waals surface area (Å²) in [7, 11) is 1.71. The Labute approximate surface area is 207 Å². The van der Waals surface area contributed by atoms with E-state index < -0.39 is 6.10 Å². The van der Waals surface area contributed by atoms with Gasteiger partial charge in [0.25, 0.3) is 11.8 Å². The van der Waals surface area contributed by atoms with Crippen LogP contribution in [0.25, 0.3) is 0 Å². The fourth-order valence-electron chi connectivity index (χ4n) is 3.81. The molecule has 0 saturated carbocycles. The fraction of sp³-hybridized carbons (Fsp3) is 0.481. The van der Waals surface area contributed by atoms with Gasteiger partial charge in [-0.15, -0.1) is 0 Å². The predicted molar refractivity (Wildman–Crippen MR) is 133 cm³/mol. The Balaban J connectivity index is 1.93. The zero-order valence-electron chi connectivity index (χ0n) is 21.1. The Hall–Kier alpha value is -3.44. The summed E-state index contributed by atoms with van der Waals surface area (Å²) < 4.78 is 6.26. The van der Waals surface area contributed by atoms with Crippen LogP contribution in [0.5, 0.6) is 5.88 Å². The smallest absolute Gasteiger partial charge is 0.259 e. The summed E-state index contributed by atoms with van der Waals surface area (Å²) in [6.45, 7) is 8.45. The molecule has 1 N–H and O–H groups in total. The van der Waals surface area contributed by atoms with E-state index in [9.17, 15) is 14.7 Å². The zero-order valence-corrected chi connectivity index (χ0v) is 21.1. The molecule has 186 valence electrons. The molecule has 8 heteroatoms. The zero-order chi connectivity index (χ0) is 25.5. The summed E-state index contributed by atoms with van der Waals surface area (Å²) in [4.78, 5) is 38.1. The van der Waals surface area contributed by atoms with E-state index in [4.69, 9.17) is 4.74 Å². The number of aliphatic hydroxyl groups is 1. The average Bonchev–Trinajstić information content (AvgIpc) is 2.85. The van der Waals surface area contributed by atoms with Crippen LogP contribution in [0.15, 0.2) is 36.8 Å². The standard InChI is InChI=1S/C27H34N4O4/c1-18(2)8-6-9-21-12-23-25(29-13-21)35-24(19(3)15-31(27(23)34)20(4)17-32)16-30(5)26(33)22-10-7-11-28-14-22/h7,10-14,18-20,24,32H,8,15-17H2,1-5H3/t19-,20-,24+/m1/s1. The first kappa shape index (κ1) is 26.2. The molecule has 0 aliphatic carbocycles. The number of amides is 2. The first-order chi connectivity index (χ1) is 16.7. The highest BCUT2D eigenvalue weighted by Gasteiger charge is 2.34. The normalized spacial score (nSPS) is 18.5. The average molecular weight is 479 g/mol. The number of hydrogen-bond donors (Lipinski definition) is 1. The van der Waals surface area contributed by atoms with Gasteiger partial charge in [-0.3, -0.25) is 14.6 Å². The number of hydrogen-bond acceptors (Lipinski definition) is 6. The second kappa shape index (κ2) is 11.8. The van der Waals surface area contributed by atoms with E-state index in [0.717, 1.165) is 6.42 Å². The van der Waals surface area contributed by atoms with Gasteiger partial charge in [0.15, 0.2) is 0 Å². The number of rotatable bonds is 6. The highest BCUT2D eigenvalue weighted by atomic mass is 16.5. The van der Waals surface area contributed by atoms with Crippen LogP contribution in [0.1, 0.15) is 60.4 Å². The maximum Gasteiger partial charge on any atom is 0.259 e. The van der Waals surface area contributed by atoms with Crippen LogP contribution < -0.4 is 4.74 Å². The van der Waals surface area contributed by atoms with Crippen molar-refractivity contribution in [3.05, 3.63) is 53.5 Å². The number of aliphatic hydroxyl groups excluding tert-OH is 1. The van der Waals surface area contributed by atoms with Gasteiger partial charge in [-0.2, -0.15) is 0 Å². The highest BCUT2D eigenvalue weighted by Crippen LogP contribution is 2.27. The molecule has 2 aromatic heterocycles. The fourth-order valence-corrected chi connectivity index (χ4v) is 3.81. The lowest BCUT2D eigenvalue weighted by Crippen LogP contribution is -2.50.